The van der Waals surface area contributed by atoms with Gasteiger partial charge in [-0.2, -0.15) is 5.26 Å². The van der Waals surface area contributed by atoms with Crippen LogP contribution >= 0.6 is 11.8 Å². The van der Waals surface area contributed by atoms with Gasteiger partial charge in [-0.25, -0.2) is 0 Å². The van der Waals surface area contributed by atoms with Gasteiger partial charge in [-0.1, -0.05) is 11.8 Å². The van der Waals surface area contributed by atoms with E-state index in [1.165, 1.54) is 11.8 Å². The van der Waals surface area contributed by atoms with Gasteiger partial charge in [0.05, 0.1) is 24.8 Å². The lowest BCUT2D eigenvalue weighted by Gasteiger charge is -2.03. The second-order valence-corrected chi connectivity index (χ2v) is 4.15. The molecule has 1 rings (SSSR count). The fourth-order valence-electron chi connectivity index (χ4n) is 1.09. The van der Waals surface area contributed by atoms with E-state index in [0.717, 1.165) is 0 Å². The van der Waals surface area contributed by atoms with Crippen LogP contribution in [0, 0.1) is 11.3 Å². The van der Waals surface area contributed by atoms with Crippen LogP contribution in [0.15, 0.2) is 5.16 Å². The Morgan fingerprint density at radius 2 is 2.41 bits per heavy atom. The number of carbonyl (C=O) groups excluding carboxylic acids is 1. The highest BCUT2D eigenvalue weighted by Crippen LogP contribution is 2.14. The summed E-state index contributed by atoms with van der Waals surface area (Å²) in [5.74, 6) is 0.807. The molecular weight excluding hydrogens is 240 g/mol. The maximum Gasteiger partial charge on any atom is 0.230 e. The van der Waals surface area contributed by atoms with Gasteiger partial charge in [0.1, 0.15) is 5.82 Å². The van der Waals surface area contributed by atoms with E-state index in [2.05, 4.69) is 15.5 Å². The summed E-state index contributed by atoms with van der Waals surface area (Å²) in [4.78, 5) is 11.4. The van der Waals surface area contributed by atoms with E-state index >= 15 is 0 Å². The maximum atomic E-state index is 11.4. The molecule has 8 heteroatoms. The smallest absolute Gasteiger partial charge is 0.230 e. The van der Waals surface area contributed by atoms with E-state index in [0.29, 0.717) is 30.5 Å². The third-order valence-corrected chi connectivity index (χ3v) is 3.02. The molecule has 0 aromatic carbocycles. The van der Waals surface area contributed by atoms with E-state index in [4.69, 9.17) is 11.0 Å². The first-order valence-corrected chi connectivity index (χ1v) is 6.02. The predicted molar refractivity (Wildman–Crippen MR) is 62.9 cm³/mol. The summed E-state index contributed by atoms with van der Waals surface area (Å²) in [5.41, 5.74) is 5.46. The summed E-state index contributed by atoms with van der Waals surface area (Å²) in [6.07, 6.45) is 0.317. The van der Waals surface area contributed by atoms with Crippen molar-refractivity contribution in [2.24, 2.45) is 12.8 Å². The van der Waals surface area contributed by atoms with Crippen molar-refractivity contribution < 1.29 is 4.79 Å². The van der Waals surface area contributed by atoms with E-state index in [1.807, 2.05) is 6.07 Å². The van der Waals surface area contributed by atoms with Gasteiger partial charge in [0.15, 0.2) is 5.16 Å². The zero-order valence-corrected chi connectivity index (χ0v) is 10.3. The first-order valence-electron chi connectivity index (χ1n) is 5.03. The molecule has 0 spiro atoms. The average Bonchev–Trinajstić information content (AvgIpc) is 2.68. The van der Waals surface area contributed by atoms with Crippen molar-refractivity contribution in [2.75, 3.05) is 12.3 Å². The minimum Gasteiger partial charge on any atom is -0.354 e. The lowest BCUT2D eigenvalue weighted by molar-refractivity contribution is -0.118. The number of carbonyl (C=O) groups is 1. The Labute approximate surface area is 103 Å². The number of nitrogens with one attached hydrogen (secondary N) is 1. The van der Waals surface area contributed by atoms with Crippen molar-refractivity contribution >= 4 is 17.7 Å². The van der Waals surface area contributed by atoms with E-state index < -0.39 is 0 Å². The van der Waals surface area contributed by atoms with Gasteiger partial charge in [0, 0.05) is 13.6 Å². The molecule has 7 nitrogen and oxygen atoms in total. The van der Waals surface area contributed by atoms with Gasteiger partial charge in [0.25, 0.3) is 0 Å². The molecule has 3 N–H and O–H groups in total. The van der Waals surface area contributed by atoms with Crippen molar-refractivity contribution in [3.05, 3.63) is 5.82 Å². The van der Waals surface area contributed by atoms with Gasteiger partial charge in [-0.15, -0.1) is 10.2 Å². The minimum atomic E-state index is -0.123. The third kappa shape index (κ3) is 4.05. The maximum absolute atomic E-state index is 11.4. The Morgan fingerprint density at radius 1 is 1.65 bits per heavy atom. The van der Waals surface area contributed by atoms with Crippen molar-refractivity contribution in [2.45, 2.75) is 18.1 Å². The van der Waals surface area contributed by atoms with Gasteiger partial charge in [-0.3, -0.25) is 4.79 Å². The third-order valence-electron chi connectivity index (χ3n) is 2.00. The molecule has 0 aliphatic rings. The van der Waals surface area contributed by atoms with Crippen molar-refractivity contribution in [3.8, 4) is 6.07 Å². The minimum absolute atomic E-state index is 0.123. The van der Waals surface area contributed by atoms with Crippen molar-refractivity contribution in [1.82, 2.24) is 20.1 Å². The van der Waals surface area contributed by atoms with E-state index in [-0.39, 0.29) is 11.7 Å². The molecule has 1 heterocycles. The van der Waals surface area contributed by atoms with Crippen LogP contribution in [0.1, 0.15) is 12.2 Å². The Kier molecular flexibility index (Phi) is 5.45. The molecule has 1 amide bonds. The highest BCUT2D eigenvalue weighted by Gasteiger charge is 2.09. The van der Waals surface area contributed by atoms with Gasteiger partial charge in [-0.05, 0) is 0 Å². The molecule has 0 saturated heterocycles. The number of nitrogens with two attached hydrogens (primary N) is 1. The molecule has 0 saturated carbocycles. The Morgan fingerprint density at radius 3 is 3.00 bits per heavy atom. The fourth-order valence-corrected chi connectivity index (χ4v) is 1.85. The number of nitrogens with zero attached hydrogens (tertiary/aromatic N) is 4. The molecule has 0 radical (unpaired) electrons. The van der Waals surface area contributed by atoms with Crippen LogP contribution in [-0.4, -0.2) is 33.0 Å². The van der Waals surface area contributed by atoms with Crippen LogP contribution in [-0.2, 0) is 18.4 Å². The summed E-state index contributed by atoms with van der Waals surface area (Å²) in [6, 6.07) is 1.96. The lowest BCUT2D eigenvalue weighted by atomic mass is 10.4. The second-order valence-electron chi connectivity index (χ2n) is 3.21. The number of aromatic nitrogens is 3. The average molecular weight is 254 g/mol. The lowest BCUT2D eigenvalue weighted by Crippen LogP contribution is -2.26. The number of hydrogen-bond donors (Lipinski definition) is 2. The molecule has 0 aliphatic heterocycles. The first kappa shape index (κ1) is 13.5. The van der Waals surface area contributed by atoms with Crippen LogP contribution in [0.5, 0.6) is 0 Å². The number of rotatable bonds is 6. The van der Waals surface area contributed by atoms with Crippen molar-refractivity contribution in [1.29, 1.82) is 5.26 Å². The molecular formula is C9H14N6OS. The molecule has 0 unspecified atom stereocenters. The zero-order valence-electron chi connectivity index (χ0n) is 9.51. The van der Waals surface area contributed by atoms with E-state index in [9.17, 15) is 4.79 Å². The van der Waals surface area contributed by atoms with Crippen LogP contribution < -0.4 is 11.1 Å². The van der Waals surface area contributed by atoms with Crippen LogP contribution in [0.25, 0.3) is 0 Å². The summed E-state index contributed by atoms with van der Waals surface area (Å²) in [7, 11) is 1.80. The molecule has 0 atom stereocenters. The number of thioether (sulfide) groups is 1. The summed E-state index contributed by atoms with van der Waals surface area (Å²) < 4.78 is 1.76. The van der Waals surface area contributed by atoms with Crippen molar-refractivity contribution in [3.63, 3.8) is 0 Å². The highest BCUT2D eigenvalue weighted by atomic mass is 32.2. The standard InChI is InChI=1S/C9H14N6OS/c1-15-7(5-11)13-14-9(15)17-6-8(16)12-4-2-3-10/h2,4-6,11H2,1H3,(H,12,16). The molecule has 92 valence electrons. The Hall–Kier alpha value is -1.59. The number of hydrogen-bond acceptors (Lipinski definition) is 6. The molecule has 0 aliphatic carbocycles. The SMILES string of the molecule is Cn1c(CN)nnc1SCC(=O)NCCC#N. The fraction of sp³-hybridized carbons (Fsp3) is 0.556. The molecule has 0 fully saturated rings. The zero-order chi connectivity index (χ0) is 12.7. The highest BCUT2D eigenvalue weighted by molar-refractivity contribution is 7.99. The van der Waals surface area contributed by atoms with Crippen LogP contribution in [0.3, 0.4) is 0 Å². The number of nitriles is 1. The monoisotopic (exact) mass is 254 g/mol. The Balaban J connectivity index is 2.37. The molecule has 0 bridgehead atoms. The van der Waals surface area contributed by atoms with Gasteiger partial charge in [0.2, 0.25) is 5.91 Å². The van der Waals surface area contributed by atoms with Crippen LogP contribution in [0.4, 0.5) is 0 Å². The van der Waals surface area contributed by atoms with Crippen LogP contribution in [0.2, 0.25) is 0 Å². The Bertz CT molecular complexity index is 424. The first-order chi connectivity index (χ1) is 8.19. The molecule has 17 heavy (non-hydrogen) atoms. The van der Waals surface area contributed by atoms with Gasteiger partial charge < -0.3 is 15.6 Å². The predicted octanol–water partition coefficient (Wildman–Crippen LogP) is -0.604. The van der Waals surface area contributed by atoms with Gasteiger partial charge >= 0.3 is 0 Å². The largest absolute Gasteiger partial charge is 0.354 e. The summed E-state index contributed by atoms with van der Waals surface area (Å²) in [5, 5.41) is 19.4. The molecule has 1 aromatic heterocycles. The normalized spacial score (nSPS) is 9.94. The number of amides is 1. The molecule has 1 aromatic rings. The summed E-state index contributed by atoms with van der Waals surface area (Å²) in [6.45, 7) is 0.696. The topological polar surface area (TPSA) is 110 Å². The quantitative estimate of drug-likeness (QED) is 0.518. The van der Waals surface area contributed by atoms with E-state index in [1.54, 1.807) is 11.6 Å². The second kappa shape index (κ2) is 6.88. The summed E-state index contributed by atoms with van der Waals surface area (Å²) >= 11 is 1.29.